The Hall–Kier alpha value is -2.62. The zero-order chi connectivity index (χ0) is 23.9. The fourth-order valence-corrected chi connectivity index (χ4v) is 7.39. The van der Waals surface area contributed by atoms with E-state index in [2.05, 4.69) is 21.9 Å². The number of carboxylic acid groups (broad SMARTS) is 1. The molecule has 9 heteroatoms. The third-order valence-corrected chi connectivity index (χ3v) is 9.10. The summed E-state index contributed by atoms with van der Waals surface area (Å²) in [6.45, 7) is 4.86. The van der Waals surface area contributed by atoms with Crippen LogP contribution in [0.4, 0.5) is 5.69 Å². The van der Waals surface area contributed by atoms with Crippen LogP contribution in [0.5, 0.6) is 5.75 Å². The van der Waals surface area contributed by atoms with E-state index in [-0.39, 0.29) is 11.5 Å². The van der Waals surface area contributed by atoms with Gasteiger partial charge in [-0.2, -0.15) is 4.72 Å². The van der Waals surface area contributed by atoms with E-state index in [1.807, 2.05) is 18.2 Å². The summed E-state index contributed by atoms with van der Waals surface area (Å²) < 4.78 is 35.3. The maximum Gasteiger partial charge on any atom is 0.326 e. The van der Waals surface area contributed by atoms with Crippen LogP contribution in [0.2, 0.25) is 0 Å². The summed E-state index contributed by atoms with van der Waals surface area (Å²) in [5, 5.41) is 13.4. The summed E-state index contributed by atoms with van der Waals surface area (Å²) in [7, 11) is -4.12. The van der Waals surface area contributed by atoms with Crippen molar-refractivity contribution in [2.45, 2.75) is 48.6 Å². The highest BCUT2D eigenvalue weighted by Crippen LogP contribution is 2.62. The number of likely N-dealkylation sites (tertiary alicyclic amines) is 1. The van der Waals surface area contributed by atoms with Crippen LogP contribution < -0.4 is 14.8 Å². The molecule has 0 bridgehead atoms. The van der Waals surface area contributed by atoms with Crippen LogP contribution in [0.15, 0.2) is 53.4 Å². The zero-order valence-corrected chi connectivity index (χ0v) is 20.1. The van der Waals surface area contributed by atoms with Gasteiger partial charge in [0.25, 0.3) is 0 Å². The van der Waals surface area contributed by atoms with Crippen molar-refractivity contribution in [3.8, 4) is 5.75 Å². The van der Waals surface area contributed by atoms with Gasteiger partial charge in [0.1, 0.15) is 16.2 Å². The van der Waals surface area contributed by atoms with Crippen molar-refractivity contribution in [3.63, 3.8) is 0 Å². The number of carboxylic acids is 1. The summed E-state index contributed by atoms with van der Waals surface area (Å²) in [5.41, 5.74) is -0.419. The van der Waals surface area contributed by atoms with Gasteiger partial charge in [0.15, 0.2) is 0 Å². The highest BCUT2D eigenvalue weighted by molar-refractivity contribution is 7.89. The molecule has 1 saturated heterocycles. The second kappa shape index (κ2) is 8.87. The monoisotopic (exact) mass is 485 g/mol. The molecule has 0 aromatic heterocycles. The quantitative estimate of drug-likeness (QED) is 0.501. The van der Waals surface area contributed by atoms with Crippen LogP contribution in [0.3, 0.4) is 0 Å². The number of aliphatic carboxylic acids is 1. The molecular weight excluding hydrogens is 454 g/mol. The normalized spacial score (nSPS) is 28.0. The number of rotatable bonds is 9. The lowest BCUT2D eigenvalue weighted by Gasteiger charge is -2.24. The molecule has 3 aliphatic rings. The molecule has 1 saturated carbocycles. The van der Waals surface area contributed by atoms with Crippen LogP contribution in [0, 0.1) is 5.92 Å². The van der Waals surface area contributed by atoms with E-state index in [1.54, 1.807) is 24.3 Å². The molecule has 4 atom stereocenters. The van der Waals surface area contributed by atoms with Gasteiger partial charge in [-0.3, -0.25) is 9.69 Å². The van der Waals surface area contributed by atoms with Crippen molar-refractivity contribution < 1.29 is 23.1 Å². The largest absolute Gasteiger partial charge is 0.493 e. The van der Waals surface area contributed by atoms with E-state index in [4.69, 9.17) is 4.74 Å². The van der Waals surface area contributed by atoms with E-state index in [9.17, 15) is 18.3 Å². The van der Waals surface area contributed by atoms with Gasteiger partial charge < -0.3 is 15.2 Å². The first-order valence-corrected chi connectivity index (χ1v) is 13.4. The van der Waals surface area contributed by atoms with E-state index in [0.717, 1.165) is 25.1 Å². The highest BCUT2D eigenvalue weighted by Gasteiger charge is 2.74. The molecule has 2 heterocycles. The van der Waals surface area contributed by atoms with Crippen molar-refractivity contribution >= 4 is 21.7 Å². The lowest BCUT2D eigenvalue weighted by Crippen LogP contribution is -2.46. The Morgan fingerprint density at radius 2 is 1.97 bits per heavy atom. The predicted molar refractivity (Wildman–Crippen MR) is 129 cm³/mol. The Morgan fingerprint density at radius 3 is 2.76 bits per heavy atom. The number of hydrogen-bond acceptors (Lipinski definition) is 6. The van der Waals surface area contributed by atoms with E-state index in [0.29, 0.717) is 24.0 Å². The molecule has 2 aliphatic heterocycles. The molecule has 3 unspecified atom stereocenters. The van der Waals surface area contributed by atoms with Gasteiger partial charge in [-0.1, -0.05) is 37.3 Å². The Kier molecular flexibility index (Phi) is 6.03. The summed E-state index contributed by atoms with van der Waals surface area (Å²) in [4.78, 5) is 14.9. The van der Waals surface area contributed by atoms with Gasteiger partial charge in [0.2, 0.25) is 10.0 Å². The van der Waals surface area contributed by atoms with Crippen molar-refractivity contribution in [3.05, 3.63) is 54.1 Å². The molecule has 2 aromatic rings. The number of sulfonamides is 1. The van der Waals surface area contributed by atoms with E-state index in [1.165, 1.54) is 18.9 Å². The second-order valence-corrected chi connectivity index (χ2v) is 11.0. The molecule has 34 heavy (non-hydrogen) atoms. The molecular formula is C25H31N3O5S. The first-order chi connectivity index (χ1) is 16.4. The third-order valence-electron chi connectivity index (χ3n) is 7.56. The highest BCUT2D eigenvalue weighted by atomic mass is 32.2. The topological polar surface area (TPSA) is 108 Å². The van der Waals surface area contributed by atoms with E-state index < -0.39 is 33.4 Å². The third kappa shape index (κ3) is 3.85. The molecule has 182 valence electrons. The summed E-state index contributed by atoms with van der Waals surface area (Å²) in [5.74, 6) is -1.50. The van der Waals surface area contributed by atoms with Gasteiger partial charge in [-0.15, -0.1) is 0 Å². The summed E-state index contributed by atoms with van der Waals surface area (Å²) >= 11 is 0. The molecule has 0 spiro atoms. The van der Waals surface area contributed by atoms with Crippen LogP contribution >= 0.6 is 0 Å². The molecule has 1 aliphatic carbocycles. The number of nitrogens with one attached hydrogen (secondary N) is 2. The predicted octanol–water partition coefficient (Wildman–Crippen LogP) is 2.88. The lowest BCUT2D eigenvalue weighted by atomic mass is 10.0. The average molecular weight is 486 g/mol. The molecule has 0 amide bonds. The van der Waals surface area contributed by atoms with Crippen molar-refractivity contribution in [2.75, 3.05) is 31.6 Å². The Bertz CT molecular complexity index is 1190. The molecule has 0 radical (unpaired) electrons. The van der Waals surface area contributed by atoms with Crippen LogP contribution in [0.1, 0.15) is 37.7 Å². The number of hydrogen-bond donors (Lipinski definition) is 3. The smallest absolute Gasteiger partial charge is 0.326 e. The zero-order valence-electron chi connectivity index (χ0n) is 19.2. The van der Waals surface area contributed by atoms with Crippen LogP contribution in [0.25, 0.3) is 0 Å². The number of para-hydroxylation sites is 2. The Morgan fingerprint density at radius 1 is 1.21 bits per heavy atom. The summed E-state index contributed by atoms with van der Waals surface area (Å²) in [6, 6.07) is 14.5. The maximum atomic E-state index is 13.5. The molecule has 2 fully saturated rings. The molecule has 2 aromatic carbocycles. The summed E-state index contributed by atoms with van der Waals surface area (Å²) in [6.07, 6.45) is 3.51. The molecule has 8 nitrogen and oxygen atoms in total. The van der Waals surface area contributed by atoms with Crippen molar-refractivity contribution in [1.82, 2.24) is 9.62 Å². The van der Waals surface area contributed by atoms with Crippen molar-refractivity contribution in [1.29, 1.82) is 0 Å². The minimum Gasteiger partial charge on any atom is -0.493 e. The number of fused-ring (bicyclic) bond motifs is 3. The molecule has 3 N–H and O–H groups in total. The average Bonchev–Trinajstić information content (AvgIpc) is 3.26. The van der Waals surface area contributed by atoms with Gasteiger partial charge >= 0.3 is 5.97 Å². The number of carbonyl (C=O) groups is 1. The van der Waals surface area contributed by atoms with Crippen LogP contribution in [-0.4, -0.2) is 62.2 Å². The Balaban J connectivity index is 1.36. The van der Waals surface area contributed by atoms with Gasteiger partial charge in [-0.05, 0) is 44.0 Å². The fraction of sp³-hybridized carbons (Fsp3) is 0.480. The fourth-order valence-electron chi connectivity index (χ4n) is 5.78. The van der Waals surface area contributed by atoms with Gasteiger partial charge in [0, 0.05) is 36.5 Å². The van der Waals surface area contributed by atoms with Gasteiger partial charge in [0.05, 0.1) is 12.3 Å². The van der Waals surface area contributed by atoms with E-state index >= 15 is 0 Å². The SMILES string of the molecule is CC[C@@H]1CCCN1CCNc1ccccc1S(=O)(=O)NC1(C(=O)O)C2COc3ccccc3C21. The Labute approximate surface area is 200 Å². The number of anilines is 1. The maximum absolute atomic E-state index is 13.5. The number of ether oxygens (including phenoxy) is 1. The van der Waals surface area contributed by atoms with Gasteiger partial charge in [-0.25, -0.2) is 8.42 Å². The second-order valence-electron chi connectivity index (χ2n) is 9.38. The van der Waals surface area contributed by atoms with Crippen LogP contribution in [-0.2, 0) is 14.8 Å². The first kappa shape index (κ1) is 23.1. The minimum atomic E-state index is -4.12. The minimum absolute atomic E-state index is 0.0574. The lowest BCUT2D eigenvalue weighted by molar-refractivity contribution is -0.140. The standard InChI is InChI=1S/C25H31N3O5S/c1-2-17-8-7-14-28(17)15-13-26-20-10-4-6-12-22(20)34(31,32)27-25(24(29)30)19-16-33-21-11-5-3-9-18(21)23(19)25/h3-6,9-12,17,19,23,26-27H,2,7-8,13-16H2,1H3,(H,29,30)/t17-,19?,23?,25?/m1/s1. The number of benzene rings is 2. The first-order valence-electron chi connectivity index (χ1n) is 11.9. The number of nitrogens with zero attached hydrogens (tertiary/aromatic N) is 1. The van der Waals surface area contributed by atoms with Crippen molar-refractivity contribution in [2.24, 2.45) is 5.92 Å². The molecule has 5 rings (SSSR count).